The second-order valence-corrected chi connectivity index (χ2v) is 6.37. The summed E-state index contributed by atoms with van der Waals surface area (Å²) in [6.45, 7) is -0.259. The van der Waals surface area contributed by atoms with Gasteiger partial charge in [0.15, 0.2) is 0 Å². The standard InChI is InChI=1S/C17H23NO4.BrH/c1-18-12-7-13(9-15(18)16(20)8-12)22-17(21)14(10-19)11-5-3-2-4-6-11;/h2-6,12-16,19-20H,7-10H2,1H3;1H/t12?,13?,14-,15?,16?;/m1./s1. The molecule has 2 aliphatic rings. The van der Waals surface area contributed by atoms with Crippen molar-refractivity contribution in [1.29, 1.82) is 0 Å². The number of halogens is 1. The zero-order chi connectivity index (χ0) is 15.7. The van der Waals surface area contributed by atoms with Crippen molar-refractivity contribution in [2.24, 2.45) is 0 Å². The summed E-state index contributed by atoms with van der Waals surface area (Å²) in [5.74, 6) is -1.01. The van der Waals surface area contributed by atoms with Crippen LogP contribution in [-0.2, 0) is 9.53 Å². The Labute approximate surface area is 147 Å². The number of aliphatic hydroxyl groups is 2. The Morgan fingerprint density at radius 1 is 1.30 bits per heavy atom. The van der Waals surface area contributed by atoms with Crippen LogP contribution in [0.25, 0.3) is 0 Å². The molecule has 6 heteroatoms. The van der Waals surface area contributed by atoms with Gasteiger partial charge in [-0.1, -0.05) is 30.3 Å². The maximum atomic E-state index is 12.4. The molecule has 0 radical (unpaired) electrons. The van der Waals surface area contributed by atoms with Gasteiger partial charge >= 0.3 is 5.97 Å². The molecule has 0 aliphatic carbocycles. The highest BCUT2D eigenvalue weighted by molar-refractivity contribution is 8.93. The van der Waals surface area contributed by atoms with Gasteiger partial charge in [-0.25, -0.2) is 0 Å². The maximum Gasteiger partial charge on any atom is 0.316 e. The number of ether oxygens (including phenoxy) is 1. The normalized spacial score (nSPS) is 31.3. The number of esters is 1. The van der Waals surface area contributed by atoms with Gasteiger partial charge in [0.1, 0.15) is 12.0 Å². The summed E-state index contributed by atoms with van der Waals surface area (Å²) in [7, 11) is 2.02. The van der Waals surface area contributed by atoms with E-state index in [0.29, 0.717) is 6.42 Å². The first-order valence-corrected chi connectivity index (χ1v) is 7.86. The van der Waals surface area contributed by atoms with Crippen molar-refractivity contribution in [2.75, 3.05) is 13.7 Å². The zero-order valence-electron chi connectivity index (χ0n) is 13.2. The Bertz CT molecular complexity index is 527. The fourth-order valence-corrected chi connectivity index (χ4v) is 3.74. The zero-order valence-corrected chi connectivity index (χ0v) is 14.9. The number of fused-ring (bicyclic) bond motifs is 2. The van der Waals surface area contributed by atoms with E-state index in [1.165, 1.54) is 0 Å². The summed E-state index contributed by atoms with van der Waals surface area (Å²) >= 11 is 0. The average molecular weight is 386 g/mol. The van der Waals surface area contributed by atoms with Gasteiger partial charge in [-0.15, -0.1) is 17.0 Å². The minimum atomic E-state index is -0.636. The average Bonchev–Trinajstić information content (AvgIpc) is 2.68. The van der Waals surface area contributed by atoms with E-state index in [-0.39, 0.29) is 53.8 Å². The van der Waals surface area contributed by atoms with E-state index in [1.807, 2.05) is 37.4 Å². The first-order valence-electron chi connectivity index (χ1n) is 7.86. The Kier molecular flexibility index (Phi) is 6.19. The van der Waals surface area contributed by atoms with Crippen LogP contribution in [0.1, 0.15) is 30.7 Å². The van der Waals surface area contributed by atoms with Crippen LogP contribution in [0.3, 0.4) is 0 Å². The molecule has 0 saturated carbocycles. The molecular weight excluding hydrogens is 362 g/mol. The van der Waals surface area contributed by atoms with Crippen LogP contribution in [-0.4, -0.2) is 59.0 Å². The van der Waals surface area contributed by atoms with E-state index in [2.05, 4.69) is 4.90 Å². The second-order valence-electron chi connectivity index (χ2n) is 6.37. The number of carbonyl (C=O) groups excluding carboxylic acids is 1. The number of piperidine rings is 1. The summed E-state index contributed by atoms with van der Waals surface area (Å²) in [5.41, 5.74) is 0.769. The largest absolute Gasteiger partial charge is 0.462 e. The number of benzene rings is 1. The topological polar surface area (TPSA) is 70.0 Å². The highest BCUT2D eigenvalue weighted by atomic mass is 79.9. The Morgan fingerprint density at radius 2 is 2.00 bits per heavy atom. The van der Waals surface area contributed by atoms with E-state index in [1.54, 1.807) is 0 Å². The fraction of sp³-hybridized carbons (Fsp3) is 0.588. The molecule has 2 heterocycles. The van der Waals surface area contributed by atoms with E-state index < -0.39 is 5.92 Å². The number of aliphatic hydroxyl groups excluding tert-OH is 2. The highest BCUT2D eigenvalue weighted by Gasteiger charge is 2.45. The van der Waals surface area contributed by atoms with Crippen LogP contribution < -0.4 is 0 Å². The molecule has 1 aromatic rings. The van der Waals surface area contributed by atoms with Gasteiger partial charge in [0.25, 0.3) is 0 Å². The van der Waals surface area contributed by atoms with Crippen molar-refractivity contribution in [1.82, 2.24) is 4.90 Å². The van der Waals surface area contributed by atoms with Crippen LogP contribution in [0.15, 0.2) is 30.3 Å². The van der Waals surface area contributed by atoms with Crippen LogP contribution in [0.4, 0.5) is 0 Å². The third kappa shape index (κ3) is 3.76. The molecule has 2 N–H and O–H groups in total. The molecule has 5 nitrogen and oxygen atoms in total. The molecule has 128 valence electrons. The fourth-order valence-electron chi connectivity index (χ4n) is 3.74. The smallest absolute Gasteiger partial charge is 0.316 e. The van der Waals surface area contributed by atoms with Crippen molar-refractivity contribution in [3.05, 3.63) is 35.9 Å². The van der Waals surface area contributed by atoms with Gasteiger partial charge in [-0.3, -0.25) is 9.69 Å². The monoisotopic (exact) mass is 385 g/mol. The maximum absolute atomic E-state index is 12.4. The third-order valence-corrected chi connectivity index (χ3v) is 5.05. The Balaban J connectivity index is 0.00000192. The molecule has 2 fully saturated rings. The lowest BCUT2D eigenvalue weighted by molar-refractivity contribution is -0.155. The van der Waals surface area contributed by atoms with Gasteiger partial charge in [0, 0.05) is 24.9 Å². The summed E-state index contributed by atoms with van der Waals surface area (Å²) in [5, 5.41) is 19.6. The molecule has 5 atom stereocenters. The van der Waals surface area contributed by atoms with E-state index in [4.69, 9.17) is 4.74 Å². The van der Waals surface area contributed by atoms with E-state index in [9.17, 15) is 15.0 Å². The van der Waals surface area contributed by atoms with Gasteiger partial charge < -0.3 is 14.9 Å². The number of hydrogen-bond donors (Lipinski definition) is 2. The molecule has 23 heavy (non-hydrogen) atoms. The summed E-state index contributed by atoms with van der Waals surface area (Å²) in [6, 6.07) is 9.56. The molecule has 0 aromatic heterocycles. The molecule has 1 aromatic carbocycles. The molecular formula is C17H24BrNO4. The Hall–Kier alpha value is -0.950. The minimum absolute atomic E-state index is 0. The van der Waals surface area contributed by atoms with Crippen molar-refractivity contribution in [3.8, 4) is 0 Å². The van der Waals surface area contributed by atoms with Crippen molar-refractivity contribution in [3.63, 3.8) is 0 Å². The quantitative estimate of drug-likeness (QED) is 0.768. The third-order valence-electron chi connectivity index (χ3n) is 5.05. The SMILES string of the molecule is Br.CN1C2CC(OC(=O)[C@H](CO)c3ccccc3)CC1C(O)C2. The van der Waals surface area contributed by atoms with Crippen LogP contribution >= 0.6 is 17.0 Å². The predicted octanol–water partition coefficient (Wildman–Crippen LogP) is 1.48. The van der Waals surface area contributed by atoms with Crippen molar-refractivity contribution >= 4 is 23.0 Å². The predicted molar refractivity (Wildman–Crippen MR) is 91.7 cm³/mol. The lowest BCUT2D eigenvalue weighted by Crippen LogP contribution is -2.45. The number of nitrogens with zero attached hydrogens (tertiary/aromatic N) is 1. The van der Waals surface area contributed by atoms with Crippen molar-refractivity contribution in [2.45, 2.75) is 49.5 Å². The number of hydrogen-bond acceptors (Lipinski definition) is 5. The first-order chi connectivity index (χ1) is 10.6. The van der Waals surface area contributed by atoms with E-state index >= 15 is 0 Å². The van der Waals surface area contributed by atoms with Gasteiger partial charge in [0.2, 0.25) is 0 Å². The number of likely N-dealkylation sites (N-methyl/N-ethyl adjacent to an activating group) is 1. The van der Waals surface area contributed by atoms with Crippen LogP contribution in [0.2, 0.25) is 0 Å². The first kappa shape index (κ1) is 18.4. The molecule has 2 bridgehead atoms. The molecule has 3 rings (SSSR count). The molecule has 0 spiro atoms. The summed E-state index contributed by atoms with van der Waals surface area (Å²) in [4.78, 5) is 14.6. The lowest BCUT2D eigenvalue weighted by atomic mass is 9.98. The van der Waals surface area contributed by atoms with Gasteiger partial charge in [-0.2, -0.15) is 0 Å². The summed E-state index contributed by atoms with van der Waals surface area (Å²) in [6.07, 6.45) is 1.66. The van der Waals surface area contributed by atoms with Gasteiger partial charge in [-0.05, 0) is 19.0 Å². The molecule has 2 saturated heterocycles. The van der Waals surface area contributed by atoms with Crippen LogP contribution in [0, 0.1) is 0 Å². The number of carbonyl (C=O) groups is 1. The minimum Gasteiger partial charge on any atom is -0.462 e. The molecule has 0 amide bonds. The molecule has 2 aliphatic heterocycles. The second kappa shape index (κ2) is 7.75. The highest BCUT2D eigenvalue weighted by Crippen LogP contribution is 2.36. The Morgan fingerprint density at radius 3 is 2.61 bits per heavy atom. The van der Waals surface area contributed by atoms with Crippen LogP contribution in [0.5, 0.6) is 0 Å². The lowest BCUT2D eigenvalue weighted by Gasteiger charge is -2.36. The number of rotatable bonds is 4. The van der Waals surface area contributed by atoms with Gasteiger partial charge in [0.05, 0.1) is 12.7 Å². The summed E-state index contributed by atoms with van der Waals surface area (Å²) < 4.78 is 5.64. The van der Waals surface area contributed by atoms with Crippen molar-refractivity contribution < 1.29 is 19.7 Å². The van der Waals surface area contributed by atoms with E-state index in [0.717, 1.165) is 18.4 Å². The molecule has 4 unspecified atom stereocenters.